The van der Waals surface area contributed by atoms with Crippen LogP contribution in [0.5, 0.6) is 0 Å². The second kappa shape index (κ2) is 6.22. The predicted octanol–water partition coefficient (Wildman–Crippen LogP) is 0.630. The zero-order valence-electron chi connectivity index (χ0n) is 8.00. The molecule has 74 valence electrons. The molecule has 0 aliphatic carbocycles. The number of rotatable bonds is 4. The van der Waals surface area contributed by atoms with E-state index in [1.807, 2.05) is 0 Å². The molecule has 1 amide bonds. The molecule has 0 spiro atoms. The molecule has 0 saturated heterocycles. The summed E-state index contributed by atoms with van der Waals surface area (Å²) in [4.78, 5) is 21.8. The van der Waals surface area contributed by atoms with E-state index in [0.29, 0.717) is 6.42 Å². The van der Waals surface area contributed by atoms with Crippen molar-refractivity contribution >= 4 is 11.9 Å². The molecule has 13 heavy (non-hydrogen) atoms. The van der Waals surface area contributed by atoms with Crippen LogP contribution in [0.25, 0.3) is 0 Å². The summed E-state index contributed by atoms with van der Waals surface area (Å²) in [5.74, 6) is -1.53. The number of amides is 1. The van der Waals surface area contributed by atoms with Crippen LogP contribution in [-0.2, 0) is 14.3 Å². The maximum atomic E-state index is 11.0. The molecule has 0 bridgehead atoms. The third-order valence-electron chi connectivity index (χ3n) is 1.36. The molecule has 1 unspecified atom stereocenters. The number of esters is 1. The Morgan fingerprint density at radius 2 is 2.23 bits per heavy atom. The Balaban J connectivity index is 3.84. The van der Waals surface area contributed by atoms with Gasteiger partial charge in [-0.05, 0) is 20.3 Å². The Morgan fingerprint density at radius 3 is 2.69 bits per heavy atom. The molecular weight excluding hydrogens is 170 g/mol. The quantitative estimate of drug-likeness (QED) is 0.397. The lowest BCUT2D eigenvalue weighted by atomic mass is 10.2. The monoisotopic (exact) mass is 185 g/mol. The Kier molecular flexibility index (Phi) is 5.59. The molecule has 0 rings (SSSR count). The van der Waals surface area contributed by atoms with E-state index in [2.05, 4.69) is 16.6 Å². The van der Waals surface area contributed by atoms with Crippen LogP contribution in [0, 0.1) is 0 Å². The molecule has 0 aromatic heterocycles. The first-order valence-electron chi connectivity index (χ1n) is 4.20. The highest BCUT2D eigenvalue weighted by Crippen LogP contribution is 1.90. The first-order valence-corrected chi connectivity index (χ1v) is 4.20. The second-order valence-corrected chi connectivity index (χ2v) is 2.62. The molecule has 0 aliphatic rings. The van der Waals surface area contributed by atoms with Crippen LogP contribution in [0.4, 0.5) is 0 Å². The average Bonchev–Trinajstić information content (AvgIpc) is 2.05. The minimum absolute atomic E-state index is 0.0885. The summed E-state index contributed by atoms with van der Waals surface area (Å²) in [7, 11) is 0. The molecule has 0 aromatic rings. The van der Waals surface area contributed by atoms with Crippen molar-refractivity contribution in [3.8, 4) is 0 Å². The molecular formula is C9H15NO3. The largest absolute Gasteiger partial charge is 0.459 e. The third-order valence-corrected chi connectivity index (χ3v) is 1.36. The van der Waals surface area contributed by atoms with E-state index in [-0.39, 0.29) is 12.6 Å². The first-order chi connectivity index (χ1) is 6.11. The van der Waals surface area contributed by atoms with Crippen molar-refractivity contribution in [1.82, 2.24) is 5.32 Å². The average molecular weight is 185 g/mol. The molecule has 0 radical (unpaired) electrons. The normalized spacial score (nSPS) is 11.5. The minimum Gasteiger partial charge on any atom is -0.459 e. The Labute approximate surface area is 78.0 Å². The highest BCUT2D eigenvalue weighted by molar-refractivity contribution is 6.32. The molecule has 0 aromatic carbocycles. The summed E-state index contributed by atoms with van der Waals surface area (Å²) in [6.07, 6.45) is 2.31. The van der Waals surface area contributed by atoms with E-state index < -0.39 is 11.9 Å². The van der Waals surface area contributed by atoms with E-state index in [9.17, 15) is 9.59 Å². The number of nitrogens with one attached hydrogen (secondary N) is 1. The second-order valence-electron chi connectivity index (χ2n) is 2.62. The molecule has 0 saturated carbocycles. The van der Waals surface area contributed by atoms with Crippen LogP contribution in [0.2, 0.25) is 0 Å². The highest BCUT2D eigenvalue weighted by atomic mass is 16.5. The van der Waals surface area contributed by atoms with Crippen LogP contribution >= 0.6 is 0 Å². The maximum Gasteiger partial charge on any atom is 0.396 e. The molecule has 1 N–H and O–H groups in total. The molecule has 0 heterocycles. The summed E-state index contributed by atoms with van der Waals surface area (Å²) in [5, 5.41) is 2.48. The van der Waals surface area contributed by atoms with Crippen molar-refractivity contribution in [2.75, 3.05) is 6.61 Å². The van der Waals surface area contributed by atoms with Gasteiger partial charge in [0.1, 0.15) is 0 Å². The van der Waals surface area contributed by atoms with E-state index in [1.54, 1.807) is 19.9 Å². The van der Waals surface area contributed by atoms with Crippen LogP contribution in [0.1, 0.15) is 20.3 Å². The smallest absolute Gasteiger partial charge is 0.396 e. The van der Waals surface area contributed by atoms with Crippen molar-refractivity contribution in [3.05, 3.63) is 12.7 Å². The van der Waals surface area contributed by atoms with Crippen molar-refractivity contribution < 1.29 is 14.3 Å². The SMILES string of the molecule is C=CCC(C)NC(=O)C(=O)OCC. The van der Waals surface area contributed by atoms with Crippen molar-refractivity contribution in [2.45, 2.75) is 26.3 Å². The Hall–Kier alpha value is -1.32. The first kappa shape index (κ1) is 11.7. The van der Waals surface area contributed by atoms with Gasteiger partial charge >= 0.3 is 11.9 Å². The lowest BCUT2D eigenvalue weighted by Crippen LogP contribution is -2.38. The number of ether oxygens (including phenoxy) is 1. The zero-order valence-corrected chi connectivity index (χ0v) is 8.00. The standard InChI is InChI=1S/C9H15NO3/c1-4-6-7(3)10-8(11)9(12)13-5-2/h4,7H,1,5-6H2,2-3H3,(H,10,11). The summed E-state index contributed by atoms with van der Waals surface area (Å²) in [6, 6.07) is -0.0885. The number of carbonyl (C=O) groups is 2. The minimum atomic E-state index is -0.835. The summed E-state index contributed by atoms with van der Waals surface area (Å²) in [6.45, 7) is 7.17. The van der Waals surface area contributed by atoms with Gasteiger partial charge in [-0.3, -0.25) is 4.79 Å². The van der Waals surface area contributed by atoms with Gasteiger partial charge in [-0.2, -0.15) is 0 Å². The summed E-state index contributed by atoms with van der Waals surface area (Å²) in [5.41, 5.74) is 0. The van der Waals surface area contributed by atoms with E-state index in [4.69, 9.17) is 0 Å². The molecule has 0 fully saturated rings. The van der Waals surface area contributed by atoms with E-state index >= 15 is 0 Å². The zero-order chi connectivity index (χ0) is 10.3. The fraction of sp³-hybridized carbons (Fsp3) is 0.556. The number of hydrogen-bond donors (Lipinski definition) is 1. The van der Waals surface area contributed by atoms with Gasteiger partial charge in [0.2, 0.25) is 0 Å². The summed E-state index contributed by atoms with van der Waals surface area (Å²) >= 11 is 0. The fourth-order valence-electron chi connectivity index (χ4n) is 0.788. The fourth-order valence-corrected chi connectivity index (χ4v) is 0.788. The van der Waals surface area contributed by atoms with Gasteiger partial charge in [-0.15, -0.1) is 6.58 Å². The van der Waals surface area contributed by atoms with Gasteiger partial charge in [0.05, 0.1) is 6.61 Å². The van der Waals surface area contributed by atoms with Gasteiger partial charge in [0.25, 0.3) is 0 Å². The maximum absolute atomic E-state index is 11.0. The van der Waals surface area contributed by atoms with Gasteiger partial charge in [-0.25, -0.2) is 4.79 Å². The van der Waals surface area contributed by atoms with E-state index in [0.717, 1.165) is 0 Å². The van der Waals surface area contributed by atoms with E-state index in [1.165, 1.54) is 0 Å². The third kappa shape index (κ3) is 5.00. The highest BCUT2D eigenvalue weighted by Gasteiger charge is 2.15. The van der Waals surface area contributed by atoms with Gasteiger partial charge in [0.15, 0.2) is 0 Å². The van der Waals surface area contributed by atoms with Crippen molar-refractivity contribution in [3.63, 3.8) is 0 Å². The summed E-state index contributed by atoms with van der Waals surface area (Å²) < 4.78 is 4.51. The van der Waals surface area contributed by atoms with Gasteiger partial charge in [-0.1, -0.05) is 6.08 Å². The van der Waals surface area contributed by atoms with Crippen molar-refractivity contribution in [1.29, 1.82) is 0 Å². The van der Waals surface area contributed by atoms with Gasteiger partial charge in [0, 0.05) is 6.04 Å². The van der Waals surface area contributed by atoms with Crippen LogP contribution in [0.15, 0.2) is 12.7 Å². The Bertz CT molecular complexity index is 201. The Morgan fingerprint density at radius 1 is 1.62 bits per heavy atom. The molecule has 0 aliphatic heterocycles. The topological polar surface area (TPSA) is 55.4 Å². The number of carbonyl (C=O) groups excluding carboxylic acids is 2. The van der Waals surface area contributed by atoms with Gasteiger partial charge < -0.3 is 10.1 Å². The predicted molar refractivity (Wildman–Crippen MR) is 49.1 cm³/mol. The molecule has 1 atom stereocenters. The van der Waals surface area contributed by atoms with Crippen LogP contribution < -0.4 is 5.32 Å². The molecule has 4 nitrogen and oxygen atoms in total. The molecule has 4 heteroatoms. The number of hydrogen-bond acceptors (Lipinski definition) is 3. The van der Waals surface area contributed by atoms with Crippen LogP contribution in [0.3, 0.4) is 0 Å². The van der Waals surface area contributed by atoms with Crippen molar-refractivity contribution in [2.24, 2.45) is 0 Å². The lowest BCUT2D eigenvalue weighted by Gasteiger charge is -2.10. The van der Waals surface area contributed by atoms with Crippen LogP contribution in [-0.4, -0.2) is 24.5 Å². The lowest BCUT2D eigenvalue weighted by molar-refractivity contribution is -0.154.